The van der Waals surface area contributed by atoms with Gasteiger partial charge in [-0.1, -0.05) is 69.3 Å². The summed E-state index contributed by atoms with van der Waals surface area (Å²) < 4.78 is 10.6. The second-order valence-electron chi connectivity index (χ2n) is 9.08. The maximum atomic E-state index is 12.5. The predicted octanol–water partition coefficient (Wildman–Crippen LogP) is 3.16. The van der Waals surface area contributed by atoms with Crippen LogP contribution in [0.15, 0.2) is 48.5 Å². The van der Waals surface area contributed by atoms with Gasteiger partial charge in [0.15, 0.2) is 6.10 Å². The van der Waals surface area contributed by atoms with Crippen LogP contribution in [0.1, 0.15) is 37.8 Å². The van der Waals surface area contributed by atoms with Crippen molar-refractivity contribution in [1.82, 2.24) is 10.6 Å². The van der Waals surface area contributed by atoms with Gasteiger partial charge in [0.1, 0.15) is 12.6 Å². The van der Waals surface area contributed by atoms with Crippen LogP contribution in [-0.4, -0.2) is 55.5 Å². The van der Waals surface area contributed by atoms with Crippen LogP contribution >= 0.6 is 0 Å². The van der Waals surface area contributed by atoms with Gasteiger partial charge in [0.25, 0.3) is 5.91 Å². The van der Waals surface area contributed by atoms with E-state index in [2.05, 4.69) is 22.8 Å². The summed E-state index contributed by atoms with van der Waals surface area (Å²) in [4.78, 5) is 36.3. The highest BCUT2D eigenvalue weighted by Crippen LogP contribution is 2.44. The van der Waals surface area contributed by atoms with Crippen LogP contribution in [0.3, 0.4) is 0 Å². The van der Waals surface area contributed by atoms with Gasteiger partial charge >= 0.3 is 12.1 Å². The summed E-state index contributed by atoms with van der Waals surface area (Å²) in [6.45, 7) is 5.12. The molecular formula is C25H30N2O6. The standard InChI is InChI=1S/C25H30N2O6/c1-25(2,3)21(23(29)30)27-22(28)20(32-4)13-26-24(31)33-14-19-17-11-7-5-9-15(17)16-10-6-8-12-18(16)19/h5-12,19-21H,13-14H2,1-4H3,(H,26,31)(H,27,28)(H,29,30)/t20?,21-/m1/s1. The maximum absolute atomic E-state index is 12.5. The SMILES string of the molecule is COC(CNC(=O)OCC1c2ccccc2-c2ccccc21)C(=O)N[C@H](C(=O)O)C(C)(C)C. The van der Waals surface area contributed by atoms with Crippen molar-refractivity contribution < 1.29 is 29.0 Å². The molecule has 33 heavy (non-hydrogen) atoms. The highest BCUT2D eigenvalue weighted by atomic mass is 16.5. The number of rotatable bonds is 8. The third kappa shape index (κ3) is 5.51. The van der Waals surface area contributed by atoms with Gasteiger partial charge in [-0.25, -0.2) is 9.59 Å². The molecule has 0 aliphatic heterocycles. The van der Waals surface area contributed by atoms with Gasteiger partial charge in [0.05, 0.1) is 6.54 Å². The second-order valence-corrected chi connectivity index (χ2v) is 9.08. The van der Waals surface area contributed by atoms with E-state index in [1.165, 1.54) is 7.11 Å². The molecule has 0 aromatic heterocycles. The number of hydrogen-bond acceptors (Lipinski definition) is 5. The number of hydrogen-bond donors (Lipinski definition) is 3. The largest absolute Gasteiger partial charge is 0.480 e. The van der Waals surface area contributed by atoms with Gasteiger partial charge in [-0.3, -0.25) is 4.79 Å². The molecule has 0 saturated carbocycles. The Balaban J connectivity index is 1.57. The van der Waals surface area contributed by atoms with Crippen LogP contribution in [0.5, 0.6) is 0 Å². The lowest BCUT2D eigenvalue weighted by atomic mass is 9.86. The van der Waals surface area contributed by atoms with Crippen molar-refractivity contribution >= 4 is 18.0 Å². The van der Waals surface area contributed by atoms with Gasteiger partial charge in [0, 0.05) is 13.0 Å². The second kappa shape index (κ2) is 10.0. The van der Waals surface area contributed by atoms with E-state index in [-0.39, 0.29) is 19.1 Å². The van der Waals surface area contributed by atoms with E-state index in [1.807, 2.05) is 36.4 Å². The predicted molar refractivity (Wildman–Crippen MR) is 123 cm³/mol. The summed E-state index contributed by atoms with van der Waals surface area (Å²) in [7, 11) is 1.32. The topological polar surface area (TPSA) is 114 Å². The molecule has 176 valence electrons. The third-order valence-electron chi connectivity index (χ3n) is 5.75. The number of methoxy groups -OCH3 is 1. The highest BCUT2D eigenvalue weighted by Gasteiger charge is 2.35. The van der Waals surface area contributed by atoms with E-state index in [0.29, 0.717) is 0 Å². The Kier molecular flexibility index (Phi) is 7.38. The molecule has 3 N–H and O–H groups in total. The first-order valence-electron chi connectivity index (χ1n) is 10.8. The smallest absolute Gasteiger partial charge is 0.407 e. The Labute approximate surface area is 193 Å². The van der Waals surface area contributed by atoms with Gasteiger partial charge in [-0.2, -0.15) is 0 Å². The number of carbonyl (C=O) groups is 3. The lowest BCUT2D eigenvalue weighted by Gasteiger charge is -2.29. The number of ether oxygens (including phenoxy) is 2. The van der Waals surface area contributed by atoms with E-state index >= 15 is 0 Å². The Morgan fingerprint density at radius 2 is 1.55 bits per heavy atom. The van der Waals surface area contributed by atoms with Crippen molar-refractivity contribution in [3.63, 3.8) is 0 Å². The zero-order valence-electron chi connectivity index (χ0n) is 19.3. The minimum atomic E-state index is -1.14. The molecule has 3 rings (SSSR count). The number of carboxylic acid groups (broad SMARTS) is 1. The molecule has 2 aromatic rings. The van der Waals surface area contributed by atoms with Crippen LogP contribution < -0.4 is 10.6 Å². The van der Waals surface area contributed by atoms with Gasteiger partial charge in [-0.05, 0) is 27.7 Å². The molecule has 0 fully saturated rings. The first-order valence-corrected chi connectivity index (χ1v) is 10.8. The molecule has 1 unspecified atom stereocenters. The number of aliphatic carboxylic acids is 1. The van der Waals surface area contributed by atoms with Crippen molar-refractivity contribution in [1.29, 1.82) is 0 Å². The fourth-order valence-electron chi connectivity index (χ4n) is 3.99. The van der Waals surface area contributed by atoms with Crippen molar-refractivity contribution in [2.75, 3.05) is 20.3 Å². The molecule has 2 atom stereocenters. The van der Waals surface area contributed by atoms with Crippen molar-refractivity contribution in [2.45, 2.75) is 38.8 Å². The van der Waals surface area contributed by atoms with Gasteiger partial charge in [-0.15, -0.1) is 0 Å². The van der Waals surface area contributed by atoms with Gasteiger partial charge in [0.2, 0.25) is 0 Å². The molecule has 0 saturated heterocycles. The third-order valence-corrected chi connectivity index (χ3v) is 5.75. The van der Waals surface area contributed by atoms with Crippen molar-refractivity contribution in [3.05, 3.63) is 59.7 Å². The minimum absolute atomic E-state index is 0.0761. The molecule has 8 heteroatoms. The molecule has 0 bridgehead atoms. The van der Waals surface area contributed by atoms with Crippen molar-refractivity contribution in [3.8, 4) is 11.1 Å². The average Bonchev–Trinajstić information content (AvgIpc) is 3.09. The van der Waals surface area contributed by atoms with Crippen LogP contribution in [0.4, 0.5) is 4.79 Å². The molecule has 2 aromatic carbocycles. The number of alkyl carbamates (subject to hydrolysis) is 1. The number of amides is 2. The van der Waals surface area contributed by atoms with Crippen LogP contribution in [0, 0.1) is 5.41 Å². The average molecular weight is 455 g/mol. The Morgan fingerprint density at radius 3 is 2.03 bits per heavy atom. The Morgan fingerprint density at radius 1 is 1.00 bits per heavy atom. The lowest BCUT2D eigenvalue weighted by Crippen LogP contribution is -2.54. The van der Waals surface area contributed by atoms with Crippen LogP contribution in [0.2, 0.25) is 0 Å². The minimum Gasteiger partial charge on any atom is -0.480 e. The molecule has 1 aliphatic rings. The Bertz CT molecular complexity index is 984. The lowest BCUT2D eigenvalue weighted by molar-refractivity contribution is -0.146. The molecule has 0 heterocycles. The number of benzene rings is 2. The highest BCUT2D eigenvalue weighted by molar-refractivity contribution is 5.87. The number of carboxylic acids is 1. The first-order chi connectivity index (χ1) is 15.6. The summed E-state index contributed by atoms with van der Waals surface area (Å²) in [6, 6.07) is 14.9. The van der Waals surface area contributed by atoms with E-state index < -0.39 is 35.5 Å². The molecule has 0 radical (unpaired) electrons. The zero-order valence-corrected chi connectivity index (χ0v) is 19.3. The fraction of sp³-hybridized carbons (Fsp3) is 0.400. The molecule has 1 aliphatic carbocycles. The summed E-state index contributed by atoms with van der Waals surface area (Å²) in [6.07, 6.45) is -1.74. The fourth-order valence-corrected chi connectivity index (χ4v) is 3.99. The molecule has 8 nitrogen and oxygen atoms in total. The Hall–Kier alpha value is -3.39. The van der Waals surface area contributed by atoms with E-state index in [0.717, 1.165) is 22.3 Å². The number of nitrogens with one attached hydrogen (secondary N) is 2. The number of carbonyl (C=O) groups excluding carboxylic acids is 2. The van der Waals surface area contributed by atoms with Crippen LogP contribution in [0.25, 0.3) is 11.1 Å². The van der Waals surface area contributed by atoms with E-state index in [9.17, 15) is 19.5 Å². The zero-order chi connectivity index (χ0) is 24.2. The van der Waals surface area contributed by atoms with Crippen LogP contribution in [-0.2, 0) is 19.1 Å². The summed E-state index contributed by atoms with van der Waals surface area (Å²) >= 11 is 0. The summed E-state index contributed by atoms with van der Waals surface area (Å²) in [5, 5.41) is 14.4. The first kappa shape index (κ1) is 24.3. The van der Waals surface area contributed by atoms with E-state index in [1.54, 1.807) is 20.8 Å². The summed E-state index contributed by atoms with van der Waals surface area (Å²) in [5.74, 6) is -1.85. The quantitative estimate of drug-likeness (QED) is 0.565. The van der Waals surface area contributed by atoms with Gasteiger partial charge < -0.3 is 25.2 Å². The normalized spacial score (nSPS) is 14.5. The molecular weight excluding hydrogens is 424 g/mol. The van der Waals surface area contributed by atoms with Crippen molar-refractivity contribution in [2.24, 2.45) is 5.41 Å². The number of fused-ring (bicyclic) bond motifs is 3. The maximum Gasteiger partial charge on any atom is 0.407 e. The molecule has 0 spiro atoms. The monoisotopic (exact) mass is 454 g/mol. The summed E-state index contributed by atoms with van der Waals surface area (Å²) in [5.41, 5.74) is 3.76. The molecule has 2 amide bonds. The van der Waals surface area contributed by atoms with E-state index in [4.69, 9.17) is 9.47 Å².